The summed E-state index contributed by atoms with van der Waals surface area (Å²) in [6.07, 6.45) is 2.92. The van der Waals surface area contributed by atoms with Gasteiger partial charge in [0.2, 0.25) is 0 Å². The minimum Gasteiger partial charge on any atom is -0.388 e. The average molecular weight is 446 g/mol. The van der Waals surface area contributed by atoms with Crippen molar-refractivity contribution in [1.29, 1.82) is 0 Å². The number of aliphatic hydroxyl groups excluding tert-OH is 1. The van der Waals surface area contributed by atoms with Crippen molar-refractivity contribution in [2.24, 2.45) is 5.92 Å². The Morgan fingerprint density at radius 1 is 0.765 bits per heavy atom. The third kappa shape index (κ3) is 2.95. The molecule has 34 heavy (non-hydrogen) atoms. The van der Waals surface area contributed by atoms with Crippen molar-refractivity contribution in [2.75, 3.05) is 19.6 Å². The molecule has 1 fully saturated rings. The molecule has 1 heterocycles. The summed E-state index contributed by atoms with van der Waals surface area (Å²) >= 11 is 0. The fourth-order valence-corrected chi connectivity index (χ4v) is 7.38. The zero-order chi connectivity index (χ0) is 22.7. The van der Waals surface area contributed by atoms with Crippen molar-refractivity contribution in [1.82, 2.24) is 4.90 Å². The second kappa shape index (κ2) is 7.80. The Morgan fingerprint density at radius 2 is 1.38 bits per heavy atom. The van der Waals surface area contributed by atoms with Gasteiger partial charge in [0, 0.05) is 17.9 Å². The highest BCUT2D eigenvalue weighted by molar-refractivity contribution is 5.86. The number of benzene rings is 4. The van der Waals surface area contributed by atoms with E-state index in [-0.39, 0.29) is 5.41 Å². The van der Waals surface area contributed by atoms with Crippen LogP contribution in [0.2, 0.25) is 0 Å². The molecule has 0 radical (unpaired) electrons. The second-order valence-electron chi connectivity index (χ2n) is 10.6. The van der Waals surface area contributed by atoms with E-state index in [2.05, 4.69) is 95.9 Å². The number of hydrogen-bond donors (Lipinski definition) is 1. The van der Waals surface area contributed by atoms with Gasteiger partial charge in [-0.2, -0.15) is 0 Å². The maximum atomic E-state index is 11.4. The number of hydrogen-bond acceptors (Lipinski definition) is 2. The molecule has 0 aromatic heterocycles. The molecule has 2 nitrogen and oxygen atoms in total. The Kier molecular flexibility index (Phi) is 4.69. The molecule has 4 aromatic carbocycles. The molecule has 7 rings (SSSR count). The molecule has 1 saturated heterocycles. The fourth-order valence-electron chi connectivity index (χ4n) is 7.38. The molecule has 2 bridgehead atoms. The lowest BCUT2D eigenvalue weighted by Gasteiger charge is -2.40. The van der Waals surface area contributed by atoms with Gasteiger partial charge in [-0.25, -0.2) is 0 Å². The molecule has 1 N–H and O–H groups in total. The molecule has 0 unspecified atom stereocenters. The zero-order valence-electron chi connectivity index (χ0n) is 19.5. The van der Waals surface area contributed by atoms with Crippen LogP contribution >= 0.6 is 0 Å². The summed E-state index contributed by atoms with van der Waals surface area (Å²) in [5.41, 5.74) is 7.41. The first-order chi connectivity index (χ1) is 16.7. The molecule has 1 atom stereocenters. The van der Waals surface area contributed by atoms with Crippen LogP contribution in [0.1, 0.15) is 59.1 Å². The lowest BCUT2D eigenvalue weighted by Crippen LogP contribution is -2.44. The lowest BCUT2D eigenvalue weighted by atomic mass is 9.74. The monoisotopic (exact) mass is 445 g/mol. The standard InChI is InChI=1S/C32H31NO/c34-31(27-13-7-9-22-8-1-2-10-24(22)27)23-16-18-33(19-17-23)21-32-20-28(25-11-3-5-14-29(25)32)26-12-4-6-15-30(26)32/h1-15,23,28,31,34H,16-21H2/t28?,31-,32?/m0/s1. The van der Waals surface area contributed by atoms with E-state index >= 15 is 0 Å². The van der Waals surface area contributed by atoms with Crippen molar-refractivity contribution in [3.05, 3.63) is 119 Å². The summed E-state index contributed by atoms with van der Waals surface area (Å²) in [6.45, 7) is 3.21. The number of nitrogens with zero attached hydrogens (tertiary/aromatic N) is 1. The van der Waals surface area contributed by atoms with E-state index in [0.717, 1.165) is 38.0 Å². The summed E-state index contributed by atoms with van der Waals surface area (Å²) in [4.78, 5) is 2.67. The molecule has 170 valence electrons. The number of rotatable bonds is 4. The Hall–Kier alpha value is -2.94. The van der Waals surface area contributed by atoms with Gasteiger partial charge < -0.3 is 10.0 Å². The molecular formula is C32H31NO. The zero-order valence-corrected chi connectivity index (χ0v) is 19.5. The van der Waals surface area contributed by atoms with Crippen molar-refractivity contribution in [3.8, 4) is 0 Å². The van der Waals surface area contributed by atoms with Gasteiger partial charge in [-0.3, -0.25) is 0 Å². The Labute approximate surface area is 201 Å². The van der Waals surface area contributed by atoms with Crippen LogP contribution in [0.25, 0.3) is 10.8 Å². The molecule has 2 aliphatic carbocycles. The van der Waals surface area contributed by atoms with Gasteiger partial charge in [-0.15, -0.1) is 0 Å². The quantitative estimate of drug-likeness (QED) is 0.392. The van der Waals surface area contributed by atoms with Gasteiger partial charge in [0.25, 0.3) is 0 Å². The smallest absolute Gasteiger partial charge is 0.0825 e. The van der Waals surface area contributed by atoms with Crippen LogP contribution in [-0.4, -0.2) is 29.6 Å². The van der Waals surface area contributed by atoms with Crippen LogP contribution in [0.15, 0.2) is 91.0 Å². The van der Waals surface area contributed by atoms with Gasteiger partial charge in [0.15, 0.2) is 0 Å². The molecule has 1 aliphatic heterocycles. The normalized spacial score (nSPS) is 24.8. The first kappa shape index (κ1) is 20.4. The van der Waals surface area contributed by atoms with Gasteiger partial charge in [0.05, 0.1) is 6.10 Å². The molecule has 4 aromatic rings. The average Bonchev–Trinajstić information content (AvgIpc) is 3.41. The van der Waals surface area contributed by atoms with Crippen LogP contribution in [-0.2, 0) is 5.41 Å². The van der Waals surface area contributed by atoms with Crippen molar-refractivity contribution in [3.63, 3.8) is 0 Å². The van der Waals surface area contributed by atoms with Crippen LogP contribution in [0, 0.1) is 5.92 Å². The topological polar surface area (TPSA) is 23.5 Å². The SMILES string of the molecule is O[C@H](c1cccc2ccccc12)C1CCN(CC23CC(c4ccccc42)c2ccccc23)CC1. The summed E-state index contributed by atoms with van der Waals surface area (Å²) in [7, 11) is 0. The molecular weight excluding hydrogens is 414 g/mol. The van der Waals surface area contributed by atoms with Gasteiger partial charge in [0.1, 0.15) is 0 Å². The lowest BCUT2D eigenvalue weighted by molar-refractivity contribution is 0.0549. The van der Waals surface area contributed by atoms with Crippen LogP contribution in [0.4, 0.5) is 0 Å². The van der Waals surface area contributed by atoms with Crippen molar-refractivity contribution >= 4 is 10.8 Å². The highest BCUT2D eigenvalue weighted by Crippen LogP contribution is 2.60. The van der Waals surface area contributed by atoms with Crippen LogP contribution in [0.3, 0.4) is 0 Å². The molecule has 0 saturated carbocycles. The third-order valence-electron chi connectivity index (χ3n) is 8.97. The predicted molar refractivity (Wildman–Crippen MR) is 138 cm³/mol. The number of fused-ring (bicyclic) bond motifs is 9. The second-order valence-corrected chi connectivity index (χ2v) is 10.6. The van der Waals surface area contributed by atoms with Gasteiger partial charge in [-0.05, 0) is 76.9 Å². The fraction of sp³-hybridized carbons (Fsp3) is 0.312. The van der Waals surface area contributed by atoms with E-state index in [9.17, 15) is 5.11 Å². The molecule has 2 heteroatoms. The van der Waals surface area contributed by atoms with E-state index in [1.54, 1.807) is 22.3 Å². The first-order valence-electron chi connectivity index (χ1n) is 12.8. The molecule has 3 aliphatic rings. The Balaban J connectivity index is 1.12. The minimum atomic E-state index is -0.393. The molecule has 0 spiro atoms. The van der Waals surface area contributed by atoms with Gasteiger partial charge in [-0.1, -0.05) is 91.0 Å². The highest BCUT2D eigenvalue weighted by Gasteiger charge is 2.53. The van der Waals surface area contributed by atoms with E-state index in [1.807, 2.05) is 0 Å². The maximum Gasteiger partial charge on any atom is 0.0825 e. The summed E-state index contributed by atoms with van der Waals surface area (Å²) in [6, 6.07) is 33.1. The summed E-state index contributed by atoms with van der Waals surface area (Å²) < 4.78 is 0. The van der Waals surface area contributed by atoms with Crippen LogP contribution < -0.4 is 0 Å². The molecule has 0 amide bonds. The van der Waals surface area contributed by atoms with Crippen molar-refractivity contribution in [2.45, 2.75) is 36.7 Å². The van der Waals surface area contributed by atoms with E-state index in [0.29, 0.717) is 11.8 Å². The third-order valence-corrected chi connectivity index (χ3v) is 8.97. The van der Waals surface area contributed by atoms with Crippen molar-refractivity contribution < 1.29 is 5.11 Å². The maximum absolute atomic E-state index is 11.4. The summed E-state index contributed by atoms with van der Waals surface area (Å²) in [5, 5.41) is 13.8. The highest BCUT2D eigenvalue weighted by atomic mass is 16.3. The predicted octanol–water partition coefficient (Wildman–Crippen LogP) is 6.42. The first-order valence-corrected chi connectivity index (χ1v) is 12.8. The number of likely N-dealkylation sites (tertiary alicyclic amines) is 1. The largest absolute Gasteiger partial charge is 0.388 e. The van der Waals surface area contributed by atoms with E-state index < -0.39 is 6.10 Å². The number of aliphatic hydroxyl groups is 1. The van der Waals surface area contributed by atoms with Crippen LogP contribution in [0.5, 0.6) is 0 Å². The van der Waals surface area contributed by atoms with Gasteiger partial charge >= 0.3 is 0 Å². The summed E-state index contributed by atoms with van der Waals surface area (Å²) in [5.74, 6) is 0.872. The van der Waals surface area contributed by atoms with E-state index in [1.165, 1.54) is 17.2 Å². The van der Waals surface area contributed by atoms with E-state index in [4.69, 9.17) is 0 Å². The Bertz CT molecular complexity index is 1310. The number of piperidine rings is 1. The Morgan fingerprint density at radius 3 is 2.12 bits per heavy atom. The minimum absolute atomic E-state index is 0.124.